The lowest BCUT2D eigenvalue weighted by atomic mass is 9.97. The highest BCUT2D eigenvalue weighted by atomic mass is 16.5. The Bertz CT molecular complexity index is 458. The summed E-state index contributed by atoms with van der Waals surface area (Å²) >= 11 is 0. The first-order valence-corrected chi connectivity index (χ1v) is 13.6. The molecule has 4 heteroatoms. The van der Waals surface area contributed by atoms with Gasteiger partial charge in [-0.25, -0.2) is 0 Å². The van der Waals surface area contributed by atoms with Crippen molar-refractivity contribution >= 4 is 11.9 Å². The van der Waals surface area contributed by atoms with Gasteiger partial charge in [0.25, 0.3) is 0 Å². The third-order valence-corrected chi connectivity index (χ3v) is 6.02. The molecule has 1 atom stereocenters. The minimum atomic E-state index is -0.919. The van der Waals surface area contributed by atoms with Crippen molar-refractivity contribution in [1.29, 1.82) is 0 Å². The van der Waals surface area contributed by atoms with Crippen LogP contribution in [-0.2, 0) is 14.3 Å². The van der Waals surface area contributed by atoms with E-state index in [9.17, 15) is 9.59 Å². The predicted molar refractivity (Wildman–Crippen MR) is 135 cm³/mol. The monoisotopic (exact) mass is 452 g/mol. The van der Waals surface area contributed by atoms with E-state index in [1.807, 2.05) is 6.92 Å². The third-order valence-electron chi connectivity index (χ3n) is 6.02. The second-order valence-electron chi connectivity index (χ2n) is 9.25. The highest BCUT2D eigenvalue weighted by Gasteiger charge is 2.22. The van der Waals surface area contributed by atoms with E-state index in [4.69, 9.17) is 9.84 Å². The number of unbranched alkanes of at least 4 members (excludes halogenated alkanes) is 15. The average molecular weight is 453 g/mol. The van der Waals surface area contributed by atoms with Crippen LogP contribution in [-0.4, -0.2) is 23.7 Å². The standard InChI is InChI=1S/C28H52O4/c1-3-5-6-7-8-9-10-11-12-13-14-15-16-17-18-19-20-21-22-23-26(25-27(29)30)28(31)32-24-4-2/h9-10,26H,3-8,11-25H2,1-2H3,(H,29,30)/b10-9+. The van der Waals surface area contributed by atoms with Crippen LogP contribution in [0.2, 0.25) is 0 Å². The first-order chi connectivity index (χ1) is 15.6. The van der Waals surface area contributed by atoms with Crippen molar-refractivity contribution in [2.75, 3.05) is 6.61 Å². The summed E-state index contributed by atoms with van der Waals surface area (Å²) in [6.45, 7) is 4.58. The molecular weight excluding hydrogens is 400 g/mol. The first kappa shape index (κ1) is 30.7. The van der Waals surface area contributed by atoms with Gasteiger partial charge in [-0.2, -0.15) is 0 Å². The highest BCUT2D eigenvalue weighted by Crippen LogP contribution is 2.18. The summed E-state index contributed by atoms with van der Waals surface area (Å²) in [6.07, 6.45) is 27.7. The number of allylic oxidation sites excluding steroid dienone is 2. The van der Waals surface area contributed by atoms with Crippen LogP contribution in [0.4, 0.5) is 0 Å². The maximum atomic E-state index is 12.0. The Hall–Kier alpha value is -1.32. The second-order valence-corrected chi connectivity index (χ2v) is 9.25. The van der Waals surface area contributed by atoms with Gasteiger partial charge in [0.15, 0.2) is 0 Å². The number of carbonyl (C=O) groups is 2. The quantitative estimate of drug-likeness (QED) is 0.0904. The van der Waals surface area contributed by atoms with Crippen LogP contribution in [0.1, 0.15) is 142 Å². The maximum Gasteiger partial charge on any atom is 0.309 e. The van der Waals surface area contributed by atoms with Crippen molar-refractivity contribution < 1.29 is 19.4 Å². The van der Waals surface area contributed by atoms with Gasteiger partial charge in [-0.1, -0.05) is 109 Å². The van der Waals surface area contributed by atoms with E-state index in [2.05, 4.69) is 19.1 Å². The molecule has 1 unspecified atom stereocenters. The Balaban J connectivity index is 3.46. The Morgan fingerprint density at radius 3 is 1.62 bits per heavy atom. The van der Waals surface area contributed by atoms with E-state index in [0.717, 1.165) is 19.3 Å². The molecule has 4 nitrogen and oxygen atoms in total. The van der Waals surface area contributed by atoms with Crippen LogP contribution >= 0.6 is 0 Å². The topological polar surface area (TPSA) is 63.6 Å². The van der Waals surface area contributed by atoms with E-state index in [-0.39, 0.29) is 12.4 Å². The zero-order valence-electron chi connectivity index (χ0n) is 21.3. The molecule has 0 radical (unpaired) electrons. The molecular formula is C28H52O4. The van der Waals surface area contributed by atoms with E-state index in [1.54, 1.807) is 0 Å². The van der Waals surface area contributed by atoms with Gasteiger partial charge in [0.05, 0.1) is 18.9 Å². The van der Waals surface area contributed by atoms with Crippen LogP contribution in [0.15, 0.2) is 12.2 Å². The molecule has 0 rings (SSSR count). The SMILES string of the molecule is CCCCCC/C=C/CCCCCCCCCCCCCC(CC(=O)O)C(=O)OCCC. The summed E-state index contributed by atoms with van der Waals surface area (Å²) in [5.74, 6) is -1.74. The fourth-order valence-corrected chi connectivity index (χ4v) is 4.00. The zero-order chi connectivity index (χ0) is 23.7. The Labute approximate surface area is 198 Å². The number of ether oxygens (including phenoxy) is 1. The smallest absolute Gasteiger partial charge is 0.309 e. The minimum absolute atomic E-state index is 0.113. The number of rotatable bonds is 24. The molecule has 0 bridgehead atoms. The maximum absolute atomic E-state index is 12.0. The van der Waals surface area contributed by atoms with Gasteiger partial charge in [-0.05, 0) is 38.5 Å². The Morgan fingerprint density at radius 2 is 1.16 bits per heavy atom. The second kappa shape index (κ2) is 24.3. The Kier molecular flexibility index (Phi) is 23.3. The summed E-state index contributed by atoms with van der Waals surface area (Å²) in [7, 11) is 0. The third kappa shape index (κ3) is 21.9. The van der Waals surface area contributed by atoms with Crippen molar-refractivity contribution in [3.63, 3.8) is 0 Å². The van der Waals surface area contributed by atoms with Crippen molar-refractivity contribution in [3.05, 3.63) is 12.2 Å². The van der Waals surface area contributed by atoms with Crippen molar-refractivity contribution in [2.24, 2.45) is 5.92 Å². The van der Waals surface area contributed by atoms with Crippen LogP contribution in [0.25, 0.3) is 0 Å². The van der Waals surface area contributed by atoms with Gasteiger partial charge in [-0.3, -0.25) is 9.59 Å². The van der Waals surface area contributed by atoms with Crippen molar-refractivity contribution in [3.8, 4) is 0 Å². The van der Waals surface area contributed by atoms with Crippen LogP contribution in [0.5, 0.6) is 0 Å². The lowest BCUT2D eigenvalue weighted by Gasteiger charge is -2.13. The van der Waals surface area contributed by atoms with Crippen LogP contribution in [0, 0.1) is 5.92 Å². The normalized spacial score (nSPS) is 12.3. The molecule has 32 heavy (non-hydrogen) atoms. The number of carbonyl (C=O) groups excluding carboxylic acids is 1. The summed E-state index contributed by atoms with van der Waals surface area (Å²) in [4.78, 5) is 22.9. The molecule has 0 aromatic heterocycles. The van der Waals surface area contributed by atoms with Crippen LogP contribution in [0.3, 0.4) is 0 Å². The summed E-state index contributed by atoms with van der Waals surface area (Å²) in [5, 5.41) is 9.01. The first-order valence-electron chi connectivity index (χ1n) is 13.6. The zero-order valence-corrected chi connectivity index (χ0v) is 21.3. The molecule has 0 aliphatic rings. The number of esters is 1. The summed E-state index contributed by atoms with van der Waals surface area (Å²) in [5.41, 5.74) is 0. The molecule has 0 heterocycles. The predicted octanol–water partition coefficient (Wildman–Crippen LogP) is 8.63. The fourth-order valence-electron chi connectivity index (χ4n) is 4.00. The van der Waals surface area contributed by atoms with E-state index in [0.29, 0.717) is 13.0 Å². The number of hydrogen-bond acceptors (Lipinski definition) is 3. The molecule has 0 amide bonds. The van der Waals surface area contributed by atoms with E-state index >= 15 is 0 Å². The number of carboxylic acid groups (broad SMARTS) is 1. The van der Waals surface area contributed by atoms with Gasteiger partial charge in [0, 0.05) is 0 Å². The Morgan fingerprint density at radius 1 is 0.688 bits per heavy atom. The van der Waals surface area contributed by atoms with E-state index < -0.39 is 11.9 Å². The molecule has 0 saturated heterocycles. The van der Waals surface area contributed by atoms with Gasteiger partial charge in [0.1, 0.15) is 0 Å². The molecule has 188 valence electrons. The number of aliphatic carboxylic acids is 1. The van der Waals surface area contributed by atoms with Gasteiger partial charge >= 0.3 is 11.9 Å². The average Bonchev–Trinajstić information content (AvgIpc) is 2.77. The molecule has 1 N–H and O–H groups in total. The summed E-state index contributed by atoms with van der Waals surface area (Å²) in [6, 6.07) is 0. The van der Waals surface area contributed by atoms with Crippen molar-refractivity contribution in [1.82, 2.24) is 0 Å². The molecule has 0 aromatic carbocycles. The van der Waals surface area contributed by atoms with Crippen molar-refractivity contribution in [2.45, 2.75) is 142 Å². The van der Waals surface area contributed by atoms with Gasteiger partial charge in [0.2, 0.25) is 0 Å². The lowest BCUT2D eigenvalue weighted by molar-refractivity contribution is -0.153. The largest absolute Gasteiger partial charge is 0.481 e. The highest BCUT2D eigenvalue weighted by molar-refractivity contribution is 5.79. The van der Waals surface area contributed by atoms with Gasteiger partial charge < -0.3 is 9.84 Å². The minimum Gasteiger partial charge on any atom is -0.481 e. The molecule has 0 aliphatic heterocycles. The molecule has 0 fully saturated rings. The number of carboxylic acids is 1. The van der Waals surface area contributed by atoms with E-state index in [1.165, 1.54) is 96.3 Å². The summed E-state index contributed by atoms with van der Waals surface area (Å²) < 4.78 is 5.14. The molecule has 0 aliphatic carbocycles. The fraction of sp³-hybridized carbons (Fsp3) is 0.857. The molecule has 0 spiro atoms. The van der Waals surface area contributed by atoms with Gasteiger partial charge in [-0.15, -0.1) is 0 Å². The molecule has 0 saturated carbocycles. The number of hydrogen-bond donors (Lipinski definition) is 1. The lowest BCUT2D eigenvalue weighted by Crippen LogP contribution is -2.21. The van der Waals surface area contributed by atoms with Crippen LogP contribution < -0.4 is 0 Å². The molecule has 0 aromatic rings.